The van der Waals surface area contributed by atoms with Gasteiger partial charge in [0.2, 0.25) is 0 Å². The van der Waals surface area contributed by atoms with Gasteiger partial charge >= 0.3 is 5.97 Å². The van der Waals surface area contributed by atoms with Crippen LogP contribution >= 0.6 is 0 Å². The molecule has 0 aromatic carbocycles. The first kappa shape index (κ1) is 7.01. The Morgan fingerprint density at radius 1 is 1.70 bits per heavy atom. The lowest BCUT2D eigenvalue weighted by Gasteiger charge is -2.03. The van der Waals surface area contributed by atoms with E-state index in [1.165, 1.54) is 0 Å². The number of nitrogens with zero attached hydrogens (tertiary/aromatic N) is 1. The fraction of sp³-hybridized carbons (Fsp3) is 0.600. The van der Waals surface area contributed by atoms with E-state index in [0.29, 0.717) is 5.06 Å². The predicted octanol–water partition coefficient (Wildman–Crippen LogP) is -0.691. The van der Waals surface area contributed by atoms with Crippen LogP contribution in [0.5, 0.6) is 0 Å². The molecule has 1 amide bonds. The normalized spacial score (nSPS) is 25.5. The number of carbonyl (C=O) groups excluding carboxylic acids is 1. The summed E-state index contributed by atoms with van der Waals surface area (Å²) in [5.74, 6) is -2.92. The Hall–Kier alpha value is -1.10. The minimum Gasteiger partial charge on any atom is -0.481 e. The van der Waals surface area contributed by atoms with E-state index in [9.17, 15) is 9.59 Å². The second-order valence-corrected chi connectivity index (χ2v) is 2.14. The second kappa shape index (κ2) is 2.26. The highest BCUT2D eigenvalue weighted by Crippen LogP contribution is 2.15. The lowest BCUT2D eigenvalue weighted by atomic mass is 10.1. The molecule has 0 aromatic rings. The smallest absolute Gasteiger partial charge is 0.316 e. The molecule has 1 aliphatic rings. The maximum Gasteiger partial charge on any atom is 0.316 e. The van der Waals surface area contributed by atoms with Gasteiger partial charge < -0.3 is 5.11 Å². The van der Waals surface area contributed by atoms with Crippen LogP contribution in [0.25, 0.3) is 0 Å². The van der Waals surface area contributed by atoms with Crippen molar-refractivity contribution < 1.29 is 19.9 Å². The molecule has 5 nitrogen and oxygen atoms in total. The van der Waals surface area contributed by atoms with Gasteiger partial charge in [-0.1, -0.05) is 0 Å². The van der Waals surface area contributed by atoms with Crippen molar-refractivity contribution >= 4 is 11.9 Å². The second-order valence-electron chi connectivity index (χ2n) is 2.14. The Morgan fingerprint density at radius 3 is 2.50 bits per heavy atom. The minimum atomic E-state index is -1.17. The molecule has 2 N–H and O–H groups in total. The quantitative estimate of drug-likeness (QED) is 0.378. The molecule has 56 valence electrons. The molecule has 5 heteroatoms. The van der Waals surface area contributed by atoms with E-state index >= 15 is 0 Å². The molecule has 1 atom stereocenters. The molecule has 1 rings (SSSR count). The third-order valence-corrected chi connectivity index (χ3v) is 1.48. The van der Waals surface area contributed by atoms with Gasteiger partial charge in [-0.3, -0.25) is 14.8 Å². The SMILES string of the molecule is O=C(O)C1CCN(O)C1=O. The van der Waals surface area contributed by atoms with Gasteiger partial charge in [0.1, 0.15) is 5.92 Å². The molecule has 1 unspecified atom stereocenters. The summed E-state index contributed by atoms with van der Waals surface area (Å²) in [6.45, 7) is 0.121. The van der Waals surface area contributed by atoms with E-state index in [2.05, 4.69) is 0 Å². The van der Waals surface area contributed by atoms with Crippen molar-refractivity contribution in [3.63, 3.8) is 0 Å². The van der Waals surface area contributed by atoms with Gasteiger partial charge in [0.15, 0.2) is 0 Å². The van der Waals surface area contributed by atoms with E-state index in [1.54, 1.807) is 0 Å². The van der Waals surface area contributed by atoms with E-state index in [4.69, 9.17) is 10.3 Å². The van der Waals surface area contributed by atoms with Crippen molar-refractivity contribution in [1.82, 2.24) is 5.06 Å². The number of aliphatic carboxylic acids is 1. The van der Waals surface area contributed by atoms with Crippen LogP contribution < -0.4 is 0 Å². The van der Waals surface area contributed by atoms with Gasteiger partial charge in [-0.2, -0.15) is 0 Å². The molecule has 1 heterocycles. The Labute approximate surface area is 56.8 Å². The standard InChI is InChI=1S/C5H7NO4/c7-4-3(5(8)9)1-2-6(4)10/h3,10H,1-2H2,(H,8,9). The summed E-state index contributed by atoms with van der Waals surface area (Å²) < 4.78 is 0. The zero-order chi connectivity index (χ0) is 7.72. The molecular weight excluding hydrogens is 138 g/mol. The maximum atomic E-state index is 10.6. The van der Waals surface area contributed by atoms with E-state index in [0.717, 1.165) is 0 Å². The third-order valence-electron chi connectivity index (χ3n) is 1.48. The van der Waals surface area contributed by atoms with Gasteiger partial charge in [0, 0.05) is 6.54 Å². The molecule has 1 fully saturated rings. The molecule has 0 aromatic heterocycles. The molecule has 0 bridgehead atoms. The van der Waals surface area contributed by atoms with E-state index in [1.807, 2.05) is 0 Å². The number of carboxylic acid groups (broad SMARTS) is 1. The highest BCUT2D eigenvalue weighted by molar-refractivity contribution is 5.97. The summed E-state index contributed by atoms with van der Waals surface area (Å²) in [7, 11) is 0. The molecule has 0 radical (unpaired) electrons. The van der Waals surface area contributed by atoms with Gasteiger partial charge in [0.05, 0.1) is 0 Å². The topological polar surface area (TPSA) is 77.8 Å². The first-order chi connectivity index (χ1) is 4.63. The number of amides is 1. The van der Waals surface area contributed by atoms with Crippen LogP contribution in [0.3, 0.4) is 0 Å². The van der Waals surface area contributed by atoms with Crippen molar-refractivity contribution in [2.45, 2.75) is 6.42 Å². The summed E-state index contributed by atoms with van der Waals surface area (Å²) in [4.78, 5) is 20.8. The predicted molar refractivity (Wildman–Crippen MR) is 29.2 cm³/mol. The van der Waals surface area contributed by atoms with Crippen LogP contribution in [-0.2, 0) is 9.59 Å². The molecular formula is C5H7NO4. The monoisotopic (exact) mass is 145 g/mol. The Kier molecular flexibility index (Phi) is 1.58. The molecule has 0 spiro atoms. The molecule has 0 saturated carbocycles. The Balaban J connectivity index is 2.66. The highest BCUT2D eigenvalue weighted by Gasteiger charge is 2.36. The number of hydrogen-bond acceptors (Lipinski definition) is 3. The van der Waals surface area contributed by atoms with Crippen LogP contribution in [0.2, 0.25) is 0 Å². The maximum absolute atomic E-state index is 10.6. The average molecular weight is 145 g/mol. The lowest BCUT2D eigenvalue weighted by molar-refractivity contribution is -0.164. The van der Waals surface area contributed by atoms with Crippen LogP contribution in [0.1, 0.15) is 6.42 Å². The highest BCUT2D eigenvalue weighted by atomic mass is 16.5. The number of rotatable bonds is 1. The van der Waals surface area contributed by atoms with E-state index < -0.39 is 17.8 Å². The van der Waals surface area contributed by atoms with Gasteiger partial charge in [-0.25, -0.2) is 5.06 Å². The van der Waals surface area contributed by atoms with Crippen LogP contribution in [0.15, 0.2) is 0 Å². The average Bonchev–Trinajstić information content (AvgIpc) is 2.14. The van der Waals surface area contributed by atoms with Crippen LogP contribution in [0, 0.1) is 5.92 Å². The van der Waals surface area contributed by atoms with Crippen LogP contribution in [-0.4, -0.2) is 33.8 Å². The lowest BCUT2D eigenvalue weighted by Crippen LogP contribution is -2.27. The molecule has 0 aliphatic carbocycles. The third kappa shape index (κ3) is 0.950. The summed E-state index contributed by atoms with van der Waals surface area (Å²) in [6, 6.07) is 0. The Morgan fingerprint density at radius 2 is 2.30 bits per heavy atom. The number of hydroxylamine groups is 2. The van der Waals surface area contributed by atoms with Crippen molar-refractivity contribution in [2.75, 3.05) is 6.54 Å². The zero-order valence-corrected chi connectivity index (χ0v) is 5.15. The Bertz CT molecular complexity index is 178. The van der Waals surface area contributed by atoms with E-state index in [-0.39, 0.29) is 13.0 Å². The summed E-state index contributed by atoms with van der Waals surface area (Å²) >= 11 is 0. The van der Waals surface area contributed by atoms with Gasteiger partial charge in [-0.05, 0) is 6.42 Å². The molecule has 1 saturated heterocycles. The fourth-order valence-electron chi connectivity index (χ4n) is 0.894. The molecule has 1 aliphatic heterocycles. The summed E-state index contributed by atoms with van der Waals surface area (Å²) in [5, 5.41) is 17.4. The van der Waals surface area contributed by atoms with Crippen molar-refractivity contribution in [3.8, 4) is 0 Å². The molecule has 10 heavy (non-hydrogen) atoms. The first-order valence-electron chi connectivity index (χ1n) is 2.86. The first-order valence-corrected chi connectivity index (χ1v) is 2.86. The number of carboxylic acids is 1. The fourth-order valence-corrected chi connectivity index (χ4v) is 0.894. The summed E-state index contributed by atoms with van der Waals surface area (Å²) in [5.41, 5.74) is 0. The zero-order valence-electron chi connectivity index (χ0n) is 5.15. The largest absolute Gasteiger partial charge is 0.481 e. The minimum absolute atomic E-state index is 0.121. The van der Waals surface area contributed by atoms with Gasteiger partial charge in [0.25, 0.3) is 5.91 Å². The van der Waals surface area contributed by atoms with Gasteiger partial charge in [-0.15, -0.1) is 0 Å². The summed E-state index contributed by atoms with van der Waals surface area (Å²) in [6.07, 6.45) is 0.199. The van der Waals surface area contributed by atoms with Crippen molar-refractivity contribution in [1.29, 1.82) is 0 Å². The van der Waals surface area contributed by atoms with Crippen LogP contribution in [0.4, 0.5) is 0 Å². The van der Waals surface area contributed by atoms with Crippen molar-refractivity contribution in [2.24, 2.45) is 5.92 Å². The van der Waals surface area contributed by atoms with Crippen molar-refractivity contribution in [3.05, 3.63) is 0 Å². The number of carbonyl (C=O) groups is 2. The number of hydrogen-bond donors (Lipinski definition) is 2.